The van der Waals surface area contributed by atoms with Crippen molar-refractivity contribution in [3.05, 3.63) is 29.6 Å². The Morgan fingerprint density at radius 2 is 2.17 bits per heavy atom. The number of rotatable bonds is 2. The number of aliphatic hydroxyl groups is 1. The van der Waals surface area contributed by atoms with Gasteiger partial charge in [0.05, 0.1) is 5.60 Å². The number of halogens is 1. The lowest BCUT2D eigenvalue weighted by molar-refractivity contribution is 0.0444. The van der Waals surface area contributed by atoms with Crippen LogP contribution in [0.1, 0.15) is 31.7 Å². The number of nitrogens with two attached hydrogens (primary N) is 1. The molecule has 0 radical (unpaired) electrons. The zero-order valence-corrected chi connectivity index (χ0v) is 10.8. The van der Waals surface area contributed by atoms with Crippen LogP contribution in [0.15, 0.2) is 18.2 Å². The fourth-order valence-electron chi connectivity index (χ4n) is 2.41. The number of hydrogen-bond acceptors (Lipinski definition) is 3. The summed E-state index contributed by atoms with van der Waals surface area (Å²) in [7, 11) is 0. The Morgan fingerprint density at radius 1 is 1.39 bits per heavy atom. The van der Waals surface area contributed by atoms with Crippen LogP contribution in [0.25, 0.3) is 0 Å². The van der Waals surface area contributed by atoms with Gasteiger partial charge in [0.15, 0.2) is 0 Å². The molecule has 0 spiro atoms. The summed E-state index contributed by atoms with van der Waals surface area (Å²) >= 11 is 0. The van der Waals surface area contributed by atoms with E-state index in [1.807, 2.05) is 6.92 Å². The summed E-state index contributed by atoms with van der Waals surface area (Å²) in [5.74, 6) is -0.244. The Balaban J connectivity index is 2.01. The zero-order chi connectivity index (χ0) is 13.2. The van der Waals surface area contributed by atoms with Crippen molar-refractivity contribution >= 4 is 5.69 Å². The van der Waals surface area contributed by atoms with Crippen molar-refractivity contribution in [1.29, 1.82) is 0 Å². The minimum absolute atomic E-state index is 0.244. The van der Waals surface area contributed by atoms with Crippen molar-refractivity contribution in [2.75, 3.05) is 18.8 Å². The molecular formula is C14H21FN2O. The van der Waals surface area contributed by atoms with Crippen LogP contribution in [0, 0.1) is 5.82 Å². The summed E-state index contributed by atoms with van der Waals surface area (Å²) in [6, 6.07) is 4.84. The highest BCUT2D eigenvalue weighted by Crippen LogP contribution is 2.23. The Hall–Kier alpha value is -1.13. The molecule has 3 N–H and O–H groups in total. The minimum atomic E-state index is -0.575. The summed E-state index contributed by atoms with van der Waals surface area (Å²) < 4.78 is 13.7. The second-order valence-electron chi connectivity index (χ2n) is 5.48. The van der Waals surface area contributed by atoms with Crippen LogP contribution in [0.2, 0.25) is 0 Å². The molecule has 18 heavy (non-hydrogen) atoms. The molecule has 1 fully saturated rings. The van der Waals surface area contributed by atoms with Crippen molar-refractivity contribution in [2.24, 2.45) is 0 Å². The van der Waals surface area contributed by atoms with E-state index >= 15 is 0 Å². The number of anilines is 1. The standard InChI is InChI=1S/C14H21FN2O/c1-14(18)5-2-7-17(8-6-14)10-11-3-4-12(16)9-13(11)15/h3-4,9,18H,2,5-8,10,16H2,1H3. The molecule has 0 aromatic heterocycles. The molecule has 1 unspecified atom stereocenters. The van der Waals surface area contributed by atoms with Gasteiger partial charge in [-0.2, -0.15) is 0 Å². The van der Waals surface area contributed by atoms with E-state index in [0.29, 0.717) is 17.8 Å². The van der Waals surface area contributed by atoms with Gasteiger partial charge in [0.2, 0.25) is 0 Å². The second-order valence-corrected chi connectivity index (χ2v) is 5.48. The van der Waals surface area contributed by atoms with E-state index in [1.165, 1.54) is 6.07 Å². The molecule has 1 saturated heterocycles. The van der Waals surface area contributed by atoms with Gasteiger partial charge >= 0.3 is 0 Å². The monoisotopic (exact) mass is 252 g/mol. The molecule has 1 aliphatic heterocycles. The van der Waals surface area contributed by atoms with Crippen LogP contribution in [-0.2, 0) is 6.54 Å². The van der Waals surface area contributed by atoms with E-state index in [4.69, 9.17) is 5.73 Å². The van der Waals surface area contributed by atoms with Crippen molar-refractivity contribution < 1.29 is 9.50 Å². The lowest BCUT2D eigenvalue weighted by Gasteiger charge is -2.22. The third kappa shape index (κ3) is 3.43. The molecule has 0 amide bonds. The van der Waals surface area contributed by atoms with Gasteiger partial charge in [-0.1, -0.05) is 6.07 Å². The molecule has 2 rings (SSSR count). The van der Waals surface area contributed by atoms with Crippen LogP contribution < -0.4 is 5.73 Å². The zero-order valence-electron chi connectivity index (χ0n) is 10.8. The van der Waals surface area contributed by atoms with E-state index in [1.54, 1.807) is 12.1 Å². The van der Waals surface area contributed by atoms with Gasteiger partial charge in [0.25, 0.3) is 0 Å². The van der Waals surface area contributed by atoms with E-state index < -0.39 is 5.60 Å². The van der Waals surface area contributed by atoms with Gasteiger partial charge < -0.3 is 10.8 Å². The summed E-state index contributed by atoms with van der Waals surface area (Å²) in [4.78, 5) is 2.19. The molecule has 1 aromatic carbocycles. The van der Waals surface area contributed by atoms with Crippen LogP contribution in [0.4, 0.5) is 10.1 Å². The van der Waals surface area contributed by atoms with Crippen LogP contribution in [0.5, 0.6) is 0 Å². The first-order valence-electron chi connectivity index (χ1n) is 6.45. The lowest BCUT2D eigenvalue weighted by atomic mass is 9.98. The highest BCUT2D eigenvalue weighted by molar-refractivity contribution is 5.40. The van der Waals surface area contributed by atoms with Crippen molar-refractivity contribution in [1.82, 2.24) is 4.90 Å². The first-order chi connectivity index (χ1) is 8.46. The fourth-order valence-corrected chi connectivity index (χ4v) is 2.41. The van der Waals surface area contributed by atoms with Crippen LogP contribution in [0.3, 0.4) is 0 Å². The van der Waals surface area contributed by atoms with E-state index in [2.05, 4.69) is 4.90 Å². The van der Waals surface area contributed by atoms with E-state index in [-0.39, 0.29) is 5.82 Å². The molecule has 0 aliphatic carbocycles. The molecule has 0 bridgehead atoms. The predicted molar refractivity (Wildman–Crippen MR) is 70.6 cm³/mol. The number of hydrogen-bond donors (Lipinski definition) is 2. The predicted octanol–water partition coefficient (Wildman–Crippen LogP) is 2.14. The third-order valence-electron chi connectivity index (χ3n) is 3.63. The average Bonchev–Trinajstić information content (AvgIpc) is 2.44. The normalized spacial score (nSPS) is 25.9. The topological polar surface area (TPSA) is 49.5 Å². The van der Waals surface area contributed by atoms with Gasteiger partial charge in [-0.15, -0.1) is 0 Å². The Morgan fingerprint density at radius 3 is 2.89 bits per heavy atom. The number of benzene rings is 1. The highest BCUT2D eigenvalue weighted by Gasteiger charge is 2.25. The minimum Gasteiger partial charge on any atom is -0.399 e. The van der Waals surface area contributed by atoms with Gasteiger partial charge in [-0.3, -0.25) is 4.90 Å². The Bertz CT molecular complexity index is 420. The van der Waals surface area contributed by atoms with Crippen molar-refractivity contribution in [3.8, 4) is 0 Å². The molecule has 0 saturated carbocycles. The lowest BCUT2D eigenvalue weighted by Crippen LogP contribution is -2.28. The molecule has 1 atom stereocenters. The van der Waals surface area contributed by atoms with Gasteiger partial charge in [0, 0.05) is 24.3 Å². The summed E-state index contributed by atoms with van der Waals surface area (Å²) in [6.45, 7) is 4.17. The molecule has 4 heteroatoms. The van der Waals surface area contributed by atoms with Crippen molar-refractivity contribution in [2.45, 2.75) is 38.3 Å². The quantitative estimate of drug-likeness (QED) is 0.793. The largest absolute Gasteiger partial charge is 0.399 e. The van der Waals surface area contributed by atoms with Crippen LogP contribution >= 0.6 is 0 Å². The third-order valence-corrected chi connectivity index (χ3v) is 3.63. The van der Waals surface area contributed by atoms with Gasteiger partial charge in [-0.25, -0.2) is 4.39 Å². The Kier molecular flexibility index (Phi) is 3.88. The summed E-state index contributed by atoms with van der Waals surface area (Å²) in [5.41, 5.74) is 6.09. The molecule has 1 aliphatic rings. The number of likely N-dealkylation sites (tertiary alicyclic amines) is 1. The molecule has 100 valence electrons. The van der Waals surface area contributed by atoms with E-state index in [9.17, 15) is 9.50 Å². The summed E-state index contributed by atoms with van der Waals surface area (Å²) in [5, 5.41) is 10.0. The molecule has 1 heterocycles. The number of nitrogens with zero attached hydrogens (tertiary/aromatic N) is 1. The average molecular weight is 252 g/mol. The molecule has 1 aromatic rings. The maximum absolute atomic E-state index is 13.7. The number of nitrogen functional groups attached to an aromatic ring is 1. The smallest absolute Gasteiger partial charge is 0.129 e. The molecule has 3 nitrogen and oxygen atoms in total. The van der Waals surface area contributed by atoms with Crippen LogP contribution in [-0.4, -0.2) is 28.7 Å². The van der Waals surface area contributed by atoms with Crippen molar-refractivity contribution in [3.63, 3.8) is 0 Å². The summed E-state index contributed by atoms with van der Waals surface area (Å²) in [6.07, 6.45) is 2.50. The fraction of sp³-hybridized carbons (Fsp3) is 0.571. The van der Waals surface area contributed by atoms with Gasteiger partial charge in [-0.05, 0) is 44.9 Å². The first kappa shape index (κ1) is 13.3. The van der Waals surface area contributed by atoms with Gasteiger partial charge in [0.1, 0.15) is 5.82 Å². The SMILES string of the molecule is CC1(O)CCCN(Cc2ccc(N)cc2F)CC1. The maximum atomic E-state index is 13.7. The highest BCUT2D eigenvalue weighted by atomic mass is 19.1. The second kappa shape index (κ2) is 5.24. The maximum Gasteiger partial charge on any atom is 0.129 e. The molecular weight excluding hydrogens is 231 g/mol. The van der Waals surface area contributed by atoms with E-state index in [0.717, 1.165) is 32.4 Å². The first-order valence-corrected chi connectivity index (χ1v) is 6.45. The Labute approximate surface area is 107 Å².